The molecule has 0 amide bonds. The average molecular weight is 713 g/mol. The zero-order chi connectivity index (χ0) is 37.3. The summed E-state index contributed by atoms with van der Waals surface area (Å²) in [6.45, 7) is 18.4. The number of aryl methyl sites for hydroxylation is 1. The van der Waals surface area contributed by atoms with E-state index in [1.54, 1.807) is 13.0 Å². The highest BCUT2D eigenvalue weighted by Gasteiger charge is 2.64. The van der Waals surface area contributed by atoms with Crippen LogP contribution in [0.1, 0.15) is 180 Å². The Bertz CT molecular complexity index is 1390. The van der Waals surface area contributed by atoms with Crippen LogP contribution in [0.25, 0.3) is 0 Å². The molecule has 4 fully saturated rings. The summed E-state index contributed by atoms with van der Waals surface area (Å²) in [5.41, 5.74) is -1.19. The predicted octanol–water partition coefficient (Wildman–Crippen LogP) is 10.1. The van der Waals surface area contributed by atoms with E-state index in [1.807, 2.05) is 13.8 Å². The highest BCUT2D eigenvalue weighted by atomic mass is 17.2. The molecular formula is C43H68O8. The van der Waals surface area contributed by atoms with Crippen LogP contribution >= 0.6 is 0 Å². The number of hydrogen-bond donors (Lipinski definition) is 2. The molecule has 2 saturated carbocycles. The minimum atomic E-state index is -1.02. The van der Waals surface area contributed by atoms with Crippen LogP contribution in [-0.4, -0.2) is 51.5 Å². The van der Waals surface area contributed by atoms with Crippen LogP contribution in [0.5, 0.6) is 11.5 Å². The van der Waals surface area contributed by atoms with Gasteiger partial charge in [-0.3, -0.25) is 4.79 Å². The minimum Gasteiger partial charge on any atom is -0.508 e. The second kappa shape index (κ2) is 16.1. The summed E-state index contributed by atoms with van der Waals surface area (Å²) in [5.74, 6) is -0.655. The van der Waals surface area contributed by atoms with Crippen LogP contribution in [0.15, 0.2) is 6.07 Å². The maximum atomic E-state index is 14.7. The number of phenolic OH excluding ortho intramolecular Hbond substituents is 2. The van der Waals surface area contributed by atoms with Gasteiger partial charge in [-0.05, 0) is 109 Å². The summed E-state index contributed by atoms with van der Waals surface area (Å²) in [5, 5.41) is 23.7. The molecule has 1 aromatic carbocycles. The minimum absolute atomic E-state index is 0.0182. The summed E-state index contributed by atoms with van der Waals surface area (Å²) in [6.07, 6.45) is 13.1. The van der Waals surface area contributed by atoms with Crippen molar-refractivity contribution in [3.05, 3.63) is 22.8 Å². The third-order valence-electron chi connectivity index (χ3n) is 13.7. The highest BCUT2D eigenvalue weighted by molar-refractivity contribution is 5.96. The molecule has 2 aliphatic carbocycles. The number of ether oxygens (including phenoxy) is 2. The van der Waals surface area contributed by atoms with Crippen molar-refractivity contribution in [2.45, 2.75) is 194 Å². The van der Waals surface area contributed by atoms with Gasteiger partial charge in [0.1, 0.15) is 34.6 Å². The first kappa shape index (κ1) is 40.0. The summed E-state index contributed by atoms with van der Waals surface area (Å²) >= 11 is 0. The van der Waals surface area contributed by atoms with Crippen molar-refractivity contribution < 1.29 is 39.1 Å². The first-order valence-corrected chi connectivity index (χ1v) is 20.4. The molecule has 1 aromatic rings. The van der Waals surface area contributed by atoms with Crippen LogP contribution in [0.3, 0.4) is 0 Å². The molecular weight excluding hydrogens is 644 g/mol. The summed E-state index contributed by atoms with van der Waals surface area (Å²) in [7, 11) is 0. The van der Waals surface area contributed by atoms with Crippen LogP contribution in [0.4, 0.5) is 0 Å². The van der Waals surface area contributed by atoms with Crippen molar-refractivity contribution in [2.24, 2.45) is 29.1 Å². The van der Waals surface area contributed by atoms with E-state index in [2.05, 4.69) is 41.5 Å². The first-order valence-electron chi connectivity index (χ1n) is 20.4. The Labute approximate surface area is 307 Å². The van der Waals surface area contributed by atoms with E-state index >= 15 is 0 Å². The molecule has 9 unspecified atom stereocenters. The molecule has 2 N–H and O–H groups in total. The Hall–Kier alpha value is -2.16. The molecule has 0 radical (unpaired) electrons. The van der Waals surface area contributed by atoms with E-state index in [1.165, 1.54) is 25.7 Å². The molecule has 2 aliphatic heterocycles. The monoisotopic (exact) mass is 712 g/mol. The van der Waals surface area contributed by atoms with Crippen molar-refractivity contribution in [1.29, 1.82) is 0 Å². The zero-order valence-corrected chi connectivity index (χ0v) is 33.1. The molecule has 10 atom stereocenters. The summed E-state index contributed by atoms with van der Waals surface area (Å²) < 4.78 is 13.5. The zero-order valence-electron chi connectivity index (χ0n) is 33.1. The van der Waals surface area contributed by atoms with Gasteiger partial charge in [0.05, 0.1) is 17.8 Å². The molecule has 8 nitrogen and oxygen atoms in total. The number of unbranched alkanes of at least 4 members (excludes halogenated alkanes) is 6. The number of benzene rings is 1. The van der Waals surface area contributed by atoms with Gasteiger partial charge in [-0.15, -0.1) is 0 Å². The summed E-state index contributed by atoms with van der Waals surface area (Å²) in [6, 6.07) is 1.64. The number of ketones is 1. The van der Waals surface area contributed by atoms with Gasteiger partial charge in [-0.2, -0.15) is 0 Å². The average Bonchev–Trinajstić information content (AvgIpc) is 3.05. The lowest BCUT2D eigenvalue weighted by Gasteiger charge is -2.61. The number of esters is 1. The Morgan fingerprint density at radius 2 is 1.59 bits per heavy atom. The van der Waals surface area contributed by atoms with Gasteiger partial charge in [-0.25, -0.2) is 14.6 Å². The maximum Gasteiger partial charge on any atom is 0.342 e. The molecule has 0 bridgehead atoms. The van der Waals surface area contributed by atoms with E-state index in [4.69, 9.17) is 19.2 Å². The van der Waals surface area contributed by atoms with Crippen LogP contribution in [0.2, 0.25) is 0 Å². The lowest BCUT2D eigenvalue weighted by molar-refractivity contribution is -0.449. The molecule has 4 aliphatic rings. The van der Waals surface area contributed by atoms with E-state index in [0.29, 0.717) is 42.7 Å². The van der Waals surface area contributed by atoms with Crippen molar-refractivity contribution in [3.63, 3.8) is 0 Å². The molecule has 288 valence electrons. The smallest absolute Gasteiger partial charge is 0.342 e. The number of aromatic hydroxyl groups is 2. The number of carbonyl (C=O) groups is 2. The number of rotatable bonds is 14. The fraction of sp³-hybridized carbons (Fsp3) is 0.814. The van der Waals surface area contributed by atoms with Gasteiger partial charge in [0.15, 0.2) is 0 Å². The molecule has 8 heteroatoms. The third-order valence-corrected chi connectivity index (χ3v) is 13.7. The fourth-order valence-corrected chi connectivity index (χ4v) is 10.5. The van der Waals surface area contributed by atoms with Gasteiger partial charge in [0, 0.05) is 28.7 Å². The SMILES string of the molecule is CCCCCCCC1OC(C)(C)C2CCC(C)(OC(=O)c3c(CCCCC)cc(O)c(C4CC(C)CC[C@@]4(C)C(C)=O)c3O)C3OOC(C)C1C23. The van der Waals surface area contributed by atoms with E-state index in [0.717, 1.165) is 44.9 Å². The Kier molecular flexibility index (Phi) is 12.6. The standard InChI is InChI=1S/C43H68O8/c1-10-12-14-15-17-19-33-34-27(4)50-51-39-37(34)30(41(6,7)48-33)21-23-43(39,9)49-40(47)35-29(18-16-13-11-2)25-32(45)36(38(35)46)31-24-26(3)20-22-42(31,8)28(5)44/h25-27,30-31,33-34,37,39,45-46H,10-24H2,1-9H3/t26?,27?,30?,31?,33?,34?,37?,39?,42-,43?/m0/s1. The van der Waals surface area contributed by atoms with Gasteiger partial charge in [0.2, 0.25) is 0 Å². The van der Waals surface area contributed by atoms with Gasteiger partial charge in [-0.1, -0.05) is 72.6 Å². The molecule has 0 spiro atoms. The van der Waals surface area contributed by atoms with E-state index in [9.17, 15) is 19.8 Å². The normalized spacial score (nSPS) is 35.9. The second-order valence-electron chi connectivity index (χ2n) is 17.8. The summed E-state index contributed by atoms with van der Waals surface area (Å²) in [4.78, 5) is 40.1. The Morgan fingerprint density at radius 1 is 0.902 bits per heavy atom. The Morgan fingerprint density at radius 3 is 2.27 bits per heavy atom. The van der Waals surface area contributed by atoms with Crippen LogP contribution in [0, 0.1) is 29.1 Å². The lowest BCUT2D eigenvalue weighted by atomic mass is 9.56. The maximum absolute atomic E-state index is 14.7. The number of Topliss-reactive ketones (excluding diaryl/α,β-unsaturated/α-hetero) is 1. The van der Waals surface area contributed by atoms with Gasteiger partial charge < -0.3 is 19.7 Å². The third kappa shape index (κ3) is 7.90. The topological polar surface area (TPSA) is 112 Å². The number of hydrogen-bond acceptors (Lipinski definition) is 8. The number of carbonyl (C=O) groups excluding carboxylic acids is 2. The largest absolute Gasteiger partial charge is 0.508 e. The van der Waals surface area contributed by atoms with Gasteiger partial charge >= 0.3 is 5.97 Å². The first-order chi connectivity index (χ1) is 24.1. The molecule has 0 aromatic heterocycles. The Balaban J connectivity index is 1.49. The second-order valence-corrected chi connectivity index (χ2v) is 17.8. The predicted molar refractivity (Wildman–Crippen MR) is 199 cm³/mol. The molecule has 2 saturated heterocycles. The molecule has 2 heterocycles. The van der Waals surface area contributed by atoms with Crippen LogP contribution in [-0.2, 0) is 30.5 Å². The molecule has 5 rings (SSSR count). The fourth-order valence-electron chi connectivity index (χ4n) is 10.5. The van der Waals surface area contributed by atoms with E-state index < -0.39 is 29.0 Å². The number of phenols is 2. The van der Waals surface area contributed by atoms with Crippen LogP contribution < -0.4 is 0 Å². The lowest BCUT2D eigenvalue weighted by Crippen LogP contribution is -2.68. The molecule has 51 heavy (non-hydrogen) atoms. The van der Waals surface area contributed by atoms with Crippen molar-refractivity contribution >= 4 is 11.8 Å². The van der Waals surface area contributed by atoms with Crippen molar-refractivity contribution in [3.8, 4) is 11.5 Å². The van der Waals surface area contributed by atoms with E-state index in [-0.39, 0.29) is 58.4 Å². The van der Waals surface area contributed by atoms with Crippen molar-refractivity contribution in [2.75, 3.05) is 0 Å². The van der Waals surface area contributed by atoms with Crippen molar-refractivity contribution in [1.82, 2.24) is 0 Å². The quantitative estimate of drug-likeness (QED) is 0.111. The highest BCUT2D eigenvalue weighted by Crippen LogP contribution is 2.58. The van der Waals surface area contributed by atoms with Gasteiger partial charge in [0.25, 0.3) is 0 Å².